The lowest BCUT2D eigenvalue weighted by atomic mass is 10.1. The number of hydrogen-bond donors (Lipinski definition) is 1. The summed E-state index contributed by atoms with van der Waals surface area (Å²) in [6.45, 7) is 3.61. The average Bonchev–Trinajstić information content (AvgIpc) is 2.59. The second kappa shape index (κ2) is 6.88. The topological polar surface area (TPSA) is 15.3 Å². The van der Waals surface area contributed by atoms with Crippen LogP contribution < -0.4 is 5.32 Å². The molecule has 96 valence electrons. The maximum atomic E-state index is 3.70. The second-order valence-electron chi connectivity index (χ2n) is 4.84. The molecule has 0 amide bonds. The molecule has 0 spiro atoms. The third-order valence-corrected chi connectivity index (χ3v) is 5.07. The molecule has 1 saturated heterocycles. The van der Waals surface area contributed by atoms with E-state index < -0.39 is 0 Å². The fourth-order valence-corrected chi connectivity index (χ4v) is 3.81. The zero-order valence-electron chi connectivity index (χ0n) is 10.4. The summed E-state index contributed by atoms with van der Waals surface area (Å²) in [7, 11) is 2.23. The van der Waals surface area contributed by atoms with Crippen LogP contribution in [0.25, 0.3) is 0 Å². The molecule has 1 aromatic rings. The van der Waals surface area contributed by atoms with Crippen LogP contribution in [0.15, 0.2) is 15.9 Å². The Hall–Kier alpha value is 0.1000. The number of rotatable bonds is 4. The first-order valence-electron chi connectivity index (χ1n) is 6.40. The standard InChI is InChI=1S/C13H21BrN2S/c1-16-9-2-3-11(7-10-16)15-8-6-12-4-5-13(14)17-12/h4-5,11,15H,2-3,6-10H2,1H3. The van der Waals surface area contributed by atoms with Gasteiger partial charge in [-0.15, -0.1) is 11.3 Å². The molecule has 2 nitrogen and oxygen atoms in total. The van der Waals surface area contributed by atoms with Crippen LogP contribution in [-0.2, 0) is 6.42 Å². The van der Waals surface area contributed by atoms with E-state index in [9.17, 15) is 0 Å². The first kappa shape index (κ1) is 13.5. The van der Waals surface area contributed by atoms with Crippen molar-refractivity contribution >= 4 is 27.3 Å². The quantitative estimate of drug-likeness (QED) is 0.918. The zero-order chi connectivity index (χ0) is 12.1. The molecule has 2 rings (SSSR count). The van der Waals surface area contributed by atoms with Gasteiger partial charge >= 0.3 is 0 Å². The number of nitrogens with zero attached hydrogens (tertiary/aromatic N) is 1. The predicted octanol–water partition coefficient (Wildman–Crippen LogP) is 3.13. The molecule has 1 fully saturated rings. The van der Waals surface area contributed by atoms with Gasteiger partial charge in [-0.2, -0.15) is 0 Å². The Balaban J connectivity index is 1.67. The molecular formula is C13H21BrN2S. The van der Waals surface area contributed by atoms with Crippen molar-refractivity contribution in [3.05, 3.63) is 20.8 Å². The van der Waals surface area contributed by atoms with E-state index in [1.807, 2.05) is 11.3 Å². The van der Waals surface area contributed by atoms with Crippen LogP contribution in [0.3, 0.4) is 0 Å². The van der Waals surface area contributed by atoms with E-state index in [4.69, 9.17) is 0 Å². The SMILES string of the molecule is CN1CCCC(NCCc2ccc(Br)s2)CC1. The van der Waals surface area contributed by atoms with Crippen LogP contribution in [0, 0.1) is 0 Å². The number of nitrogens with one attached hydrogen (secondary N) is 1. The van der Waals surface area contributed by atoms with Gasteiger partial charge in [0.1, 0.15) is 0 Å². The molecule has 0 saturated carbocycles. The van der Waals surface area contributed by atoms with Crippen molar-refractivity contribution in [1.82, 2.24) is 10.2 Å². The summed E-state index contributed by atoms with van der Waals surface area (Å²) < 4.78 is 1.24. The van der Waals surface area contributed by atoms with Gasteiger partial charge in [-0.05, 0) is 73.9 Å². The molecule has 1 atom stereocenters. The van der Waals surface area contributed by atoms with Gasteiger partial charge < -0.3 is 10.2 Å². The monoisotopic (exact) mass is 316 g/mol. The summed E-state index contributed by atoms with van der Waals surface area (Å²) in [5.41, 5.74) is 0. The highest BCUT2D eigenvalue weighted by Gasteiger charge is 2.13. The Kier molecular flexibility index (Phi) is 5.48. The van der Waals surface area contributed by atoms with Crippen LogP contribution in [0.1, 0.15) is 24.1 Å². The van der Waals surface area contributed by atoms with E-state index >= 15 is 0 Å². The fourth-order valence-electron chi connectivity index (χ4n) is 2.33. The highest BCUT2D eigenvalue weighted by Crippen LogP contribution is 2.22. The number of likely N-dealkylation sites (tertiary alicyclic amines) is 1. The van der Waals surface area contributed by atoms with Gasteiger partial charge in [0, 0.05) is 17.5 Å². The molecule has 1 aliphatic rings. The molecular weight excluding hydrogens is 296 g/mol. The number of halogens is 1. The first-order valence-corrected chi connectivity index (χ1v) is 8.01. The molecule has 2 heterocycles. The van der Waals surface area contributed by atoms with E-state index in [2.05, 4.69) is 45.3 Å². The predicted molar refractivity (Wildman–Crippen MR) is 78.9 cm³/mol. The van der Waals surface area contributed by atoms with Crippen LogP contribution >= 0.6 is 27.3 Å². The van der Waals surface area contributed by atoms with Crippen molar-refractivity contribution in [3.63, 3.8) is 0 Å². The molecule has 0 radical (unpaired) electrons. The van der Waals surface area contributed by atoms with E-state index in [-0.39, 0.29) is 0 Å². The third-order valence-electron chi connectivity index (χ3n) is 3.38. The minimum atomic E-state index is 0.725. The Labute approximate surface area is 117 Å². The smallest absolute Gasteiger partial charge is 0.0701 e. The maximum Gasteiger partial charge on any atom is 0.0701 e. The Morgan fingerprint density at radius 1 is 1.41 bits per heavy atom. The van der Waals surface area contributed by atoms with E-state index in [0.717, 1.165) is 19.0 Å². The van der Waals surface area contributed by atoms with Crippen LogP contribution in [0.2, 0.25) is 0 Å². The van der Waals surface area contributed by atoms with Gasteiger partial charge in [0.25, 0.3) is 0 Å². The Bertz CT molecular complexity index is 340. The minimum Gasteiger partial charge on any atom is -0.314 e. The molecule has 1 aliphatic heterocycles. The lowest BCUT2D eigenvalue weighted by molar-refractivity contribution is 0.344. The van der Waals surface area contributed by atoms with Crippen molar-refractivity contribution in [2.45, 2.75) is 31.7 Å². The lowest BCUT2D eigenvalue weighted by Crippen LogP contribution is -2.31. The highest BCUT2D eigenvalue weighted by molar-refractivity contribution is 9.11. The molecule has 1 unspecified atom stereocenters. The molecule has 0 bridgehead atoms. The molecule has 0 aliphatic carbocycles. The van der Waals surface area contributed by atoms with Gasteiger partial charge in [-0.1, -0.05) is 0 Å². The zero-order valence-corrected chi connectivity index (χ0v) is 12.8. The van der Waals surface area contributed by atoms with Crippen molar-refractivity contribution < 1.29 is 0 Å². The maximum absolute atomic E-state index is 3.70. The second-order valence-corrected chi connectivity index (χ2v) is 7.39. The van der Waals surface area contributed by atoms with Crippen LogP contribution in [0.4, 0.5) is 0 Å². The van der Waals surface area contributed by atoms with Gasteiger partial charge in [0.15, 0.2) is 0 Å². The highest BCUT2D eigenvalue weighted by atomic mass is 79.9. The van der Waals surface area contributed by atoms with Crippen molar-refractivity contribution in [1.29, 1.82) is 0 Å². The van der Waals surface area contributed by atoms with Crippen molar-refractivity contribution in [2.75, 3.05) is 26.7 Å². The third kappa shape index (κ3) is 4.70. The van der Waals surface area contributed by atoms with Gasteiger partial charge in [0.2, 0.25) is 0 Å². The van der Waals surface area contributed by atoms with E-state index in [0.29, 0.717) is 0 Å². The molecule has 1 N–H and O–H groups in total. The number of hydrogen-bond acceptors (Lipinski definition) is 3. The average molecular weight is 317 g/mol. The number of thiophene rings is 1. The minimum absolute atomic E-state index is 0.725. The molecule has 0 aromatic carbocycles. The normalized spacial score (nSPS) is 22.6. The van der Waals surface area contributed by atoms with Crippen molar-refractivity contribution in [3.8, 4) is 0 Å². The summed E-state index contributed by atoms with van der Waals surface area (Å²) in [6, 6.07) is 5.08. The Morgan fingerprint density at radius 2 is 2.29 bits per heavy atom. The Morgan fingerprint density at radius 3 is 3.06 bits per heavy atom. The fraction of sp³-hybridized carbons (Fsp3) is 0.692. The van der Waals surface area contributed by atoms with E-state index in [1.165, 1.54) is 41.0 Å². The summed E-state index contributed by atoms with van der Waals surface area (Å²) in [6.07, 6.45) is 5.12. The van der Waals surface area contributed by atoms with Crippen molar-refractivity contribution in [2.24, 2.45) is 0 Å². The first-order chi connectivity index (χ1) is 8.24. The van der Waals surface area contributed by atoms with Crippen LogP contribution in [0.5, 0.6) is 0 Å². The van der Waals surface area contributed by atoms with Gasteiger partial charge in [-0.3, -0.25) is 0 Å². The van der Waals surface area contributed by atoms with Gasteiger partial charge in [0.05, 0.1) is 3.79 Å². The summed E-state index contributed by atoms with van der Waals surface area (Å²) >= 11 is 5.36. The van der Waals surface area contributed by atoms with Crippen LogP contribution in [-0.4, -0.2) is 37.6 Å². The molecule has 17 heavy (non-hydrogen) atoms. The lowest BCUT2D eigenvalue weighted by Gasteiger charge is -2.16. The molecule has 4 heteroatoms. The molecule has 1 aromatic heterocycles. The van der Waals surface area contributed by atoms with E-state index in [1.54, 1.807) is 0 Å². The largest absolute Gasteiger partial charge is 0.314 e. The van der Waals surface area contributed by atoms with Gasteiger partial charge in [-0.25, -0.2) is 0 Å². The summed E-state index contributed by atoms with van der Waals surface area (Å²) in [4.78, 5) is 3.91. The summed E-state index contributed by atoms with van der Waals surface area (Å²) in [5, 5.41) is 3.70. The summed E-state index contributed by atoms with van der Waals surface area (Å²) in [5.74, 6) is 0.